The van der Waals surface area contributed by atoms with Gasteiger partial charge < -0.3 is 14.7 Å². The van der Waals surface area contributed by atoms with E-state index in [-0.39, 0.29) is 5.91 Å². The third-order valence-corrected chi connectivity index (χ3v) is 4.54. The van der Waals surface area contributed by atoms with Gasteiger partial charge in [-0.2, -0.15) is 0 Å². The molecule has 21 heavy (non-hydrogen) atoms. The zero-order valence-corrected chi connectivity index (χ0v) is 13.4. The molecule has 114 valence electrons. The van der Waals surface area contributed by atoms with Gasteiger partial charge in [0.15, 0.2) is 6.10 Å². The quantitative estimate of drug-likeness (QED) is 0.905. The number of aliphatic carboxylic acids is 1. The van der Waals surface area contributed by atoms with Crippen molar-refractivity contribution in [2.24, 2.45) is 0 Å². The molecular weight excluding hydrogens is 337 g/mol. The van der Waals surface area contributed by atoms with Crippen LogP contribution in [0.25, 0.3) is 0 Å². The molecule has 1 unspecified atom stereocenters. The predicted octanol–water partition coefficient (Wildman–Crippen LogP) is 2.75. The lowest BCUT2D eigenvalue weighted by atomic mass is 10.2. The molecule has 1 heterocycles. The van der Waals surface area contributed by atoms with Crippen LogP contribution in [0.3, 0.4) is 0 Å². The van der Waals surface area contributed by atoms with Gasteiger partial charge in [-0.05, 0) is 25.1 Å². The number of carboxylic acid groups (broad SMARTS) is 1. The Morgan fingerprint density at radius 1 is 1.48 bits per heavy atom. The van der Waals surface area contributed by atoms with E-state index in [0.29, 0.717) is 27.4 Å². The van der Waals surface area contributed by atoms with Gasteiger partial charge in [0, 0.05) is 10.8 Å². The second-order valence-electron chi connectivity index (χ2n) is 4.50. The highest BCUT2D eigenvalue weighted by Crippen LogP contribution is 2.29. The molecule has 1 aromatic rings. The van der Waals surface area contributed by atoms with Crippen molar-refractivity contribution in [1.82, 2.24) is 4.90 Å². The molecule has 0 aliphatic carbocycles. The van der Waals surface area contributed by atoms with E-state index in [1.165, 1.54) is 22.7 Å². The molecule has 2 rings (SSSR count). The lowest BCUT2D eigenvalue weighted by Crippen LogP contribution is -2.47. The van der Waals surface area contributed by atoms with Crippen molar-refractivity contribution in [3.63, 3.8) is 0 Å². The van der Waals surface area contributed by atoms with E-state index in [9.17, 15) is 9.59 Å². The normalized spacial score (nSPS) is 19.4. The summed E-state index contributed by atoms with van der Waals surface area (Å²) in [5.74, 6) is -0.322. The molecule has 0 radical (unpaired) electrons. The van der Waals surface area contributed by atoms with Gasteiger partial charge in [0.25, 0.3) is 5.91 Å². The number of hydrogen-bond donors (Lipinski definition) is 1. The van der Waals surface area contributed by atoms with E-state index >= 15 is 0 Å². The minimum absolute atomic E-state index is 0.299. The van der Waals surface area contributed by atoms with Gasteiger partial charge in [-0.1, -0.05) is 23.2 Å². The van der Waals surface area contributed by atoms with Crippen LogP contribution in [0.2, 0.25) is 10.0 Å². The number of hydrogen-bond acceptors (Lipinski definition) is 4. The molecule has 0 spiro atoms. The van der Waals surface area contributed by atoms with E-state index in [1.807, 2.05) is 0 Å². The maximum atomic E-state index is 12.3. The highest BCUT2D eigenvalue weighted by atomic mass is 35.5. The molecule has 1 aromatic carbocycles. The lowest BCUT2D eigenvalue weighted by molar-refractivity contribution is -0.150. The van der Waals surface area contributed by atoms with Gasteiger partial charge in [0.05, 0.1) is 10.9 Å². The summed E-state index contributed by atoms with van der Waals surface area (Å²) in [5, 5.41) is 9.86. The second-order valence-corrected chi connectivity index (χ2v) is 6.34. The average Bonchev–Trinajstić information content (AvgIpc) is 2.90. The van der Waals surface area contributed by atoms with Gasteiger partial charge in [-0.25, -0.2) is 4.79 Å². The number of nitrogens with zero attached hydrogens (tertiary/aromatic N) is 1. The Kier molecular flexibility index (Phi) is 5.24. The number of carbonyl (C=O) groups is 2. The molecule has 1 N–H and O–H groups in total. The first-order valence-electron chi connectivity index (χ1n) is 6.13. The van der Waals surface area contributed by atoms with Crippen molar-refractivity contribution < 1.29 is 19.4 Å². The Morgan fingerprint density at radius 3 is 2.81 bits per heavy atom. The minimum Gasteiger partial charge on any atom is -0.480 e. The Morgan fingerprint density at radius 2 is 2.19 bits per heavy atom. The van der Waals surface area contributed by atoms with Crippen LogP contribution in [0, 0.1) is 0 Å². The largest absolute Gasteiger partial charge is 0.480 e. The molecule has 0 aromatic heterocycles. The van der Waals surface area contributed by atoms with Crippen molar-refractivity contribution in [2.75, 3.05) is 11.6 Å². The fourth-order valence-electron chi connectivity index (χ4n) is 1.91. The molecule has 0 bridgehead atoms. The fourth-order valence-corrected chi connectivity index (χ4v) is 3.52. The lowest BCUT2D eigenvalue weighted by Gasteiger charge is -2.24. The van der Waals surface area contributed by atoms with Crippen molar-refractivity contribution >= 4 is 46.8 Å². The molecular formula is C13H13Cl2NO4S. The van der Waals surface area contributed by atoms with Crippen LogP contribution in [0.4, 0.5) is 0 Å². The van der Waals surface area contributed by atoms with Crippen LogP contribution >= 0.6 is 35.0 Å². The SMILES string of the molecule is CC(Oc1ccc(Cl)cc1Cl)C(=O)N1CSC[C@H]1C(=O)O. The molecule has 0 saturated carbocycles. The highest BCUT2D eigenvalue weighted by molar-refractivity contribution is 7.99. The average molecular weight is 350 g/mol. The first-order valence-corrected chi connectivity index (χ1v) is 8.04. The van der Waals surface area contributed by atoms with Crippen molar-refractivity contribution in [2.45, 2.75) is 19.1 Å². The molecule has 1 aliphatic heterocycles. The minimum atomic E-state index is -1.01. The zero-order chi connectivity index (χ0) is 15.6. The molecule has 1 fully saturated rings. The van der Waals surface area contributed by atoms with Crippen LogP contribution < -0.4 is 4.74 Å². The van der Waals surface area contributed by atoms with Gasteiger partial charge in [0.2, 0.25) is 0 Å². The van der Waals surface area contributed by atoms with Gasteiger partial charge in [0.1, 0.15) is 11.8 Å². The molecule has 8 heteroatoms. The molecule has 2 atom stereocenters. The second kappa shape index (κ2) is 6.77. The predicted molar refractivity (Wildman–Crippen MR) is 82.1 cm³/mol. The monoisotopic (exact) mass is 349 g/mol. The summed E-state index contributed by atoms with van der Waals surface area (Å²) in [6.07, 6.45) is -0.829. The first-order chi connectivity index (χ1) is 9.90. The van der Waals surface area contributed by atoms with Crippen molar-refractivity contribution in [3.8, 4) is 5.75 Å². The van der Waals surface area contributed by atoms with Crippen LogP contribution in [0.5, 0.6) is 5.75 Å². The van der Waals surface area contributed by atoms with Gasteiger partial charge in [-0.3, -0.25) is 4.79 Å². The number of rotatable bonds is 4. The van der Waals surface area contributed by atoms with E-state index in [1.54, 1.807) is 19.1 Å². The smallest absolute Gasteiger partial charge is 0.327 e. The van der Waals surface area contributed by atoms with Crippen molar-refractivity contribution in [3.05, 3.63) is 28.2 Å². The molecule has 1 aliphatic rings. The summed E-state index contributed by atoms with van der Waals surface area (Å²) in [6.45, 7) is 1.56. The number of benzene rings is 1. The van der Waals surface area contributed by atoms with E-state index in [0.717, 1.165) is 0 Å². The summed E-state index contributed by atoms with van der Waals surface area (Å²) in [4.78, 5) is 24.7. The summed E-state index contributed by atoms with van der Waals surface area (Å²) in [7, 11) is 0. The topological polar surface area (TPSA) is 66.8 Å². The number of halogens is 2. The summed E-state index contributed by atoms with van der Waals surface area (Å²) in [6, 6.07) is 3.88. The first kappa shape index (κ1) is 16.3. The number of thioether (sulfide) groups is 1. The van der Waals surface area contributed by atoms with E-state index < -0.39 is 18.1 Å². The molecule has 1 saturated heterocycles. The van der Waals surface area contributed by atoms with Gasteiger partial charge in [-0.15, -0.1) is 11.8 Å². The third kappa shape index (κ3) is 3.75. The fraction of sp³-hybridized carbons (Fsp3) is 0.385. The van der Waals surface area contributed by atoms with Crippen LogP contribution in [-0.4, -0.2) is 45.7 Å². The third-order valence-electron chi connectivity index (χ3n) is 3.00. The van der Waals surface area contributed by atoms with Crippen molar-refractivity contribution in [1.29, 1.82) is 0 Å². The standard InChI is InChI=1S/C13H13Cl2NO4S/c1-7(20-11-3-2-8(14)4-9(11)15)12(17)16-6-21-5-10(16)13(18)19/h2-4,7,10H,5-6H2,1H3,(H,18,19)/t7?,10-/m0/s1. The summed E-state index contributed by atoms with van der Waals surface area (Å²) < 4.78 is 5.52. The number of carbonyl (C=O) groups excluding carboxylic acids is 1. The maximum absolute atomic E-state index is 12.3. The Balaban J connectivity index is 2.07. The van der Waals surface area contributed by atoms with E-state index in [4.69, 9.17) is 33.0 Å². The summed E-state index contributed by atoms with van der Waals surface area (Å²) in [5.41, 5.74) is 0. The number of ether oxygens (including phenoxy) is 1. The highest BCUT2D eigenvalue weighted by Gasteiger charge is 2.37. The van der Waals surface area contributed by atoms with E-state index in [2.05, 4.69) is 0 Å². The Labute approximate surface area is 136 Å². The number of amides is 1. The zero-order valence-electron chi connectivity index (χ0n) is 11.1. The number of carboxylic acids is 1. The Bertz CT molecular complexity index is 569. The van der Waals surface area contributed by atoms with Crippen LogP contribution in [0.15, 0.2) is 18.2 Å². The van der Waals surface area contributed by atoms with Crippen LogP contribution in [0.1, 0.15) is 6.92 Å². The van der Waals surface area contributed by atoms with Gasteiger partial charge >= 0.3 is 5.97 Å². The Hall–Kier alpha value is -1.11. The van der Waals surface area contributed by atoms with Crippen LogP contribution in [-0.2, 0) is 9.59 Å². The molecule has 5 nitrogen and oxygen atoms in total. The molecule has 1 amide bonds. The maximum Gasteiger partial charge on any atom is 0.327 e. The summed E-state index contributed by atoms with van der Waals surface area (Å²) >= 11 is 13.2.